The number of benzene rings is 1. The van der Waals surface area contributed by atoms with E-state index in [1.165, 1.54) is 17.3 Å². The average Bonchev–Trinajstić information content (AvgIpc) is 2.75. The minimum absolute atomic E-state index is 0.344. The minimum Gasteiger partial charge on any atom is -0.396 e. The van der Waals surface area contributed by atoms with Crippen molar-refractivity contribution in [3.63, 3.8) is 0 Å². The Kier molecular flexibility index (Phi) is 2.79. The second-order valence-electron chi connectivity index (χ2n) is 4.29. The van der Waals surface area contributed by atoms with Gasteiger partial charge in [0.15, 0.2) is 5.16 Å². The normalized spacial score (nSPS) is 11.0. The fraction of sp³-hybridized carbons (Fsp3) is 0.0769. The SMILES string of the molecule is Cc1ccc2nc(Sc3ccc(N)c(N)n3)[nH]c2c1. The van der Waals surface area contributed by atoms with Gasteiger partial charge in [-0.3, -0.25) is 0 Å². The van der Waals surface area contributed by atoms with Crippen molar-refractivity contribution in [3.8, 4) is 0 Å². The molecule has 19 heavy (non-hydrogen) atoms. The second-order valence-corrected chi connectivity index (χ2v) is 5.30. The van der Waals surface area contributed by atoms with Gasteiger partial charge in [-0.1, -0.05) is 6.07 Å². The number of aromatic amines is 1. The zero-order chi connectivity index (χ0) is 13.4. The molecule has 2 heterocycles. The number of nitrogens with one attached hydrogen (secondary N) is 1. The summed E-state index contributed by atoms with van der Waals surface area (Å²) in [5, 5.41) is 1.56. The fourth-order valence-corrected chi connectivity index (χ4v) is 2.55. The van der Waals surface area contributed by atoms with E-state index in [1.807, 2.05) is 18.2 Å². The van der Waals surface area contributed by atoms with Gasteiger partial charge in [0.05, 0.1) is 16.7 Å². The van der Waals surface area contributed by atoms with Crippen LogP contribution in [-0.2, 0) is 0 Å². The number of H-pyrrole nitrogens is 1. The predicted molar refractivity (Wildman–Crippen MR) is 78.0 cm³/mol. The Hall–Kier alpha value is -2.21. The van der Waals surface area contributed by atoms with Crippen molar-refractivity contribution in [1.82, 2.24) is 15.0 Å². The van der Waals surface area contributed by atoms with E-state index < -0.39 is 0 Å². The molecular weight excluding hydrogens is 258 g/mol. The van der Waals surface area contributed by atoms with Crippen molar-refractivity contribution in [2.24, 2.45) is 0 Å². The lowest BCUT2D eigenvalue weighted by Gasteiger charge is -2.01. The first kappa shape index (κ1) is 11.9. The molecule has 5 nitrogen and oxygen atoms in total. The van der Waals surface area contributed by atoms with E-state index in [4.69, 9.17) is 11.5 Å². The maximum Gasteiger partial charge on any atom is 0.172 e. The third-order valence-electron chi connectivity index (χ3n) is 2.75. The number of fused-ring (bicyclic) bond motifs is 1. The van der Waals surface area contributed by atoms with Crippen LogP contribution in [0.3, 0.4) is 0 Å². The third kappa shape index (κ3) is 2.34. The van der Waals surface area contributed by atoms with Gasteiger partial charge in [-0.25, -0.2) is 9.97 Å². The summed E-state index contributed by atoms with van der Waals surface area (Å²) in [6.45, 7) is 2.05. The van der Waals surface area contributed by atoms with E-state index in [-0.39, 0.29) is 0 Å². The highest BCUT2D eigenvalue weighted by Crippen LogP contribution is 2.27. The Labute approximate surface area is 114 Å². The highest BCUT2D eigenvalue weighted by molar-refractivity contribution is 7.99. The van der Waals surface area contributed by atoms with Crippen molar-refractivity contribution >= 4 is 34.3 Å². The Bertz CT molecular complexity index is 750. The number of anilines is 2. The zero-order valence-corrected chi connectivity index (χ0v) is 11.2. The molecule has 0 aliphatic rings. The Morgan fingerprint density at radius 1 is 1.11 bits per heavy atom. The fourth-order valence-electron chi connectivity index (χ4n) is 1.77. The number of pyridine rings is 1. The average molecular weight is 271 g/mol. The van der Waals surface area contributed by atoms with E-state index in [0.29, 0.717) is 11.5 Å². The van der Waals surface area contributed by atoms with Gasteiger partial charge in [-0.05, 0) is 48.5 Å². The number of imidazole rings is 1. The van der Waals surface area contributed by atoms with E-state index in [9.17, 15) is 0 Å². The van der Waals surface area contributed by atoms with Crippen LogP contribution in [0.2, 0.25) is 0 Å². The van der Waals surface area contributed by atoms with Crippen LogP contribution in [-0.4, -0.2) is 15.0 Å². The quantitative estimate of drug-likeness (QED) is 0.666. The molecule has 0 unspecified atom stereocenters. The Morgan fingerprint density at radius 3 is 2.74 bits per heavy atom. The Balaban J connectivity index is 1.94. The summed E-state index contributed by atoms with van der Waals surface area (Å²) in [6, 6.07) is 9.68. The molecule has 0 atom stereocenters. The van der Waals surface area contributed by atoms with Crippen molar-refractivity contribution < 1.29 is 0 Å². The van der Waals surface area contributed by atoms with Gasteiger partial charge < -0.3 is 16.5 Å². The van der Waals surface area contributed by atoms with Gasteiger partial charge >= 0.3 is 0 Å². The first-order chi connectivity index (χ1) is 9.11. The maximum atomic E-state index is 5.69. The number of nitrogen functional groups attached to an aromatic ring is 2. The summed E-state index contributed by atoms with van der Waals surface area (Å²) in [5.41, 5.74) is 15.0. The molecule has 3 rings (SSSR count). The number of rotatable bonds is 2. The molecule has 2 aromatic heterocycles. The molecule has 0 fully saturated rings. The number of hydrogen-bond acceptors (Lipinski definition) is 5. The van der Waals surface area contributed by atoms with Crippen LogP contribution >= 0.6 is 11.8 Å². The lowest BCUT2D eigenvalue weighted by molar-refractivity contribution is 1.06. The van der Waals surface area contributed by atoms with Crippen LogP contribution in [0.5, 0.6) is 0 Å². The molecule has 6 heteroatoms. The second kappa shape index (κ2) is 4.47. The van der Waals surface area contributed by atoms with Crippen molar-refractivity contribution in [2.75, 3.05) is 11.5 Å². The van der Waals surface area contributed by atoms with Gasteiger partial charge in [0.1, 0.15) is 10.8 Å². The summed E-state index contributed by atoms with van der Waals surface area (Å²) in [6.07, 6.45) is 0. The molecule has 3 aromatic rings. The lowest BCUT2D eigenvalue weighted by atomic mass is 10.2. The number of aromatic nitrogens is 3. The molecule has 0 aliphatic carbocycles. The topological polar surface area (TPSA) is 93.6 Å². The smallest absolute Gasteiger partial charge is 0.172 e. The Morgan fingerprint density at radius 2 is 1.95 bits per heavy atom. The monoisotopic (exact) mass is 271 g/mol. The van der Waals surface area contributed by atoms with Gasteiger partial charge in [-0.2, -0.15) is 0 Å². The molecule has 0 spiro atoms. The molecule has 0 saturated heterocycles. The molecule has 0 saturated carbocycles. The van der Waals surface area contributed by atoms with Crippen LogP contribution in [0.25, 0.3) is 11.0 Å². The van der Waals surface area contributed by atoms with Crippen molar-refractivity contribution in [3.05, 3.63) is 35.9 Å². The number of aryl methyl sites for hydroxylation is 1. The van der Waals surface area contributed by atoms with E-state index >= 15 is 0 Å². The first-order valence-electron chi connectivity index (χ1n) is 5.78. The summed E-state index contributed by atoms with van der Waals surface area (Å²) >= 11 is 1.43. The lowest BCUT2D eigenvalue weighted by Crippen LogP contribution is -1.97. The highest BCUT2D eigenvalue weighted by Gasteiger charge is 2.07. The minimum atomic E-state index is 0.344. The van der Waals surface area contributed by atoms with Crippen LogP contribution in [0.4, 0.5) is 11.5 Å². The van der Waals surface area contributed by atoms with Crippen molar-refractivity contribution in [1.29, 1.82) is 0 Å². The third-order valence-corrected chi connectivity index (χ3v) is 3.57. The molecule has 1 aromatic carbocycles. The van der Waals surface area contributed by atoms with Crippen LogP contribution in [0, 0.1) is 6.92 Å². The molecule has 0 radical (unpaired) electrons. The number of hydrogen-bond donors (Lipinski definition) is 3. The maximum absolute atomic E-state index is 5.69. The van der Waals surface area contributed by atoms with Crippen LogP contribution < -0.4 is 11.5 Å². The summed E-state index contributed by atoms with van der Waals surface area (Å²) in [4.78, 5) is 12.0. The van der Waals surface area contributed by atoms with E-state index in [2.05, 4.69) is 27.9 Å². The van der Waals surface area contributed by atoms with Gasteiger partial charge in [0, 0.05) is 0 Å². The van der Waals surface area contributed by atoms with Gasteiger partial charge in [-0.15, -0.1) is 0 Å². The first-order valence-corrected chi connectivity index (χ1v) is 6.60. The zero-order valence-electron chi connectivity index (χ0n) is 10.3. The largest absolute Gasteiger partial charge is 0.396 e. The summed E-state index contributed by atoms with van der Waals surface area (Å²) in [5.74, 6) is 0.344. The van der Waals surface area contributed by atoms with Crippen LogP contribution in [0.15, 0.2) is 40.5 Å². The number of nitrogens with zero attached hydrogens (tertiary/aromatic N) is 2. The molecule has 5 N–H and O–H groups in total. The summed E-state index contributed by atoms with van der Waals surface area (Å²) in [7, 11) is 0. The van der Waals surface area contributed by atoms with Crippen molar-refractivity contribution in [2.45, 2.75) is 17.1 Å². The highest BCUT2D eigenvalue weighted by atomic mass is 32.2. The predicted octanol–water partition coefficient (Wildman–Crippen LogP) is 2.58. The van der Waals surface area contributed by atoms with E-state index in [1.54, 1.807) is 6.07 Å². The van der Waals surface area contributed by atoms with Gasteiger partial charge in [0.2, 0.25) is 0 Å². The standard InChI is InChI=1S/C13H13N5S/c1-7-2-4-9-10(6-7)17-13(16-9)19-11-5-3-8(14)12(15)18-11/h2-6H,14H2,1H3,(H2,15,18)(H,16,17). The summed E-state index contributed by atoms with van der Waals surface area (Å²) < 4.78 is 0. The molecular formula is C13H13N5S. The molecule has 0 aliphatic heterocycles. The van der Waals surface area contributed by atoms with E-state index in [0.717, 1.165) is 21.2 Å². The van der Waals surface area contributed by atoms with Crippen LogP contribution in [0.1, 0.15) is 5.56 Å². The molecule has 0 amide bonds. The van der Waals surface area contributed by atoms with Gasteiger partial charge in [0.25, 0.3) is 0 Å². The molecule has 96 valence electrons. The number of nitrogens with two attached hydrogens (primary N) is 2. The molecule has 0 bridgehead atoms.